The number of carbonyl (C=O) groups is 1. The van der Waals surface area contributed by atoms with E-state index >= 15 is 0 Å². The van der Waals surface area contributed by atoms with Gasteiger partial charge < -0.3 is 14.6 Å². The Morgan fingerprint density at radius 3 is 2.62 bits per heavy atom. The van der Waals surface area contributed by atoms with Crippen LogP contribution in [0.5, 0.6) is 5.75 Å². The molecule has 0 saturated carbocycles. The van der Waals surface area contributed by atoms with Crippen molar-refractivity contribution in [1.29, 1.82) is 0 Å². The van der Waals surface area contributed by atoms with Gasteiger partial charge in [-0.2, -0.15) is 0 Å². The van der Waals surface area contributed by atoms with Crippen LogP contribution in [0.1, 0.15) is 30.1 Å². The van der Waals surface area contributed by atoms with E-state index in [9.17, 15) is 4.79 Å². The second-order valence-electron chi connectivity index (χ2n) is 6.16. The zero-order valence-electron chi connectivity index (χ0n) is 14.8. The Balaban J connectivity index is 1.39. The fourth-order valence-electron chi connectivity index (χ4n) is 2.68. The maximum atomic E-state index is 12.0. The first-order chi connectivity index (χ1) is 12.7. The van der Waals surface area contributed by atoms with Gasteiger partial charge in [0.2, 0.25) is 0 Å². The van der Waals surface area contributed by atoms with Gasteiger partial charge in [0, 0.05) is 30.2 Å². The van der Waals surface area contributed by atoms with Crippen molar-refractivity contribution in [2.75, 3.05) is 6.54 Å². The van der Waals surface area contributed by atoms with E-state index in [0.29, 0.717) is 12.1 Å². The lowest BCUT2D eigenvalue weighted by Gasteiger charge is -2.15. The van der Waals surface area contributed by atoms with Gasteiger partial charge >= 0.3 is 0 Å². The second kappa shape index (κ2) is 8.85. The van der Waals surface area contributed by atoms with Crippen LogP contribution in [0.2, 0.25) is 0 Å². The van der Waals surface area contributed by atoms with E-state index in [1.165, 1.54) is 0 Å². The summed E-state index contributed by atoms with van der Waals surface area (Å²) in [5, 5.41) is 2.94. The van der Waals surface area contributed by atoms with Gasteiger partial charge in [-0.3, -0.25) is 4.79 Å². The van der Waals surface area contributed by atoms with Gasteiger partial charge in [-0.15, -0.1) is 0 Å². The van der Waals surface area contributed by atoms with Crippen LogP contribution in [0.25, 0.3) is 5.69 Å². The molecule has 1 unspecified atom stereocenters. The van der Waals surface area contributed by atoms with Crippen molar-refractivity contribution in [2.45, 2.75) is 25.9 Å². The topological polar surface area (TPSA) is 56.1 Å². The summed E-state index contributed by atoms with van der Waals surface area (Å²) in [6.45, 7) is 2.68. The summed E-state index contributed by atoms with van der Waals surface area (Å²) in [4.78, 5) is 16.0. The summed E-state index contributed by atoms with van der Waals surface area (Å²) in [6.07, 6.45) is 7.25. The van der Waals surface area contributed by atoms with Crippen molar-refractivity contribution < 1.29 is 9.53 Å². The van der Waals surface area contributed by atoms with E-state index in [1.807, 2.05) is 72.3 Å². The Hall–Kier alpha value is -3.08. The van der Waals surface area contributed by atoms with E-state index < -0.39 is 0 Å². The Bertz CT molecular complexity index is 799. The summed E-state index contributed by atoms with van der Waals surface area (Å²) in [6, 6.07) is 17.2. The predicted molar refractivity (Wildman–Crippen MR) is 102 cm³/mol. The third kappa shape index (κ3) is 4.96. The van der Waals surface area contributed by atoms with Crippen LogP contribution in [0, 0.1) is 0 Å². The molecule has 1 atom stereocenters. The molecule has 0 aliphatic carbocycles. The van der Waals surface area contributed by atoms with Gasteiger partial charge in [0.1, 0.15) is 5.75 Å². The van der Waals surface area contributed by atoms with Crippen molar-refractivity contribution in [3.05, 3.63) is 78.9 Å². The number of hydrogen-bond acceptors (Lipinski definition) is 3. The molecule has 0 spiro atoms. The minimum absolute atomic E-state index is 0.0331. The molecule has 1 aromatic heterocycles. The predicted octanol–water partition coefficient (Wildman–Crippen LogP) is 3.85. The number of rotatable bonds is 8. The standard InChI is InChI=1S/C21H23N3O2/c1-17(6-5-13-23-21(25)18-7-3-2-4-8-18)26-20-11-9-19(10-12-20)24-15-14-22-16-24/h2-4,7-12,14-17H,5-6,13H2,1H3,(H,23,25). The summed E-state index contributed by atoms with van der Waals surface area (Å²) in [5.41, 5.74) is 1.74. The summed E-state index contributed by atoms with van der Waals surface area (Å²) < 4.78 is 7.89. The van der Waals surface area contributed by atoms with Gasteiger partial charge in [-0.1, -0.05) is 18.2 Å². The molecule has 2 aromatic carbocycles. The number of nitrogens with zero attached hydrogens (tertiary/aromatic N) is 2. The highest BCUT2D eigenvalue weighted by molar-refractivity contribution is 5.94. The molecular formula is C21H23N3O2. The van der Waals surface area contributed by atoms with Crippen molar-refractivity contribution in [2.24, 2.45) is 0 Å². The first-order valence-corrected chi connectivity index (χ1v) is 8.80. The van der Waals surface area contributed by atoms with E-state index in [-0.39, 0.29) is 12.0 Å². The molecule has 0 aliphatic heterocycles. The van der Waals surface area contributed by atoms with Gasteiger partial charge in [0.05, 0.1) is 12.4 Å². The third-order valence-corrected chi connectivity index (χ3v) is 4.09. The van der Waals surface area contributed by atoms with E-state index in [4.69, 9.17) is 4.74 Å². The monoisotopic (exact) mass is 349 g/mol. The average molecular weight is 349 g/mol. The molecule has 134 valence electrons. The molecule has 5 nitrogen and oxygen atoms in total. The fourth-order valence-corrected chi connectivity index (χ4v) is 2.68. The van der Waals surface area contributed by atoms with Crippen LogP contribution < -0.4 is 10.1 Å². The highest BCUT2D eigenvalue weighted by atomic mass is 16.5. The molecule has 0 bridgehead atoms. The summed E-state index contributed by atoms with van der Waals surface area (Å²) >= 11 is 0. The number of imidazole rings is 1. The maximum Gasteiger partial charge on any atom is 0.251 e. The van der Waals surface area contributed by atoms with E-state index in [0.717, 1.165) is 24.3 Å². The lowest BCUT2D eigenvalue weighted by atomic mass is 10.2. The number of ether oxygens (including phenoxy) is 1. The van der Waals surface area contributed by atoms with E-state index in [1.54, 1.807) is 12.5 Å². The minimum Gasteiger partial charge on any atom is -0.491 e. The van der Waals surface area contributed by atoms with Crippen molar-refractivity contribution >= 4 is 5.91 Å². The summed E-state index contributed by atoms with van der Waals surface area (Å²) in [5.74, 6) is 0.809. The first-order valence-electron chi connectivity index (χ1n) is 8.80. The number of carbonyl (C=O) groups excluding carboxylic acids is 1. The SMILES string of the molecule is CC(CCCNC(=O)c1ccccc1)Oc1ccc(-n2ccnc2)cc1. The van der Waals surface area contributed by atoms with Crippen molar-refractivity contribution in [1.82, 2.24) is 14.9 Å². The molecule has 5 heteroatoms. The molecule has 3 rings (SSSR count). The molecule has 1 N–H and O–H groups in total. The van der Waals surface area contributed by atoms with Gasteiger partial charge in [-0.25, -0.2) is 4.98 Å². The van der Waals surface area contributed by atoms with Crippen LogP contribution in [0.4, 0.5) is 0 Å². The Morgan fingerprint density at radius 2 is 1.92 bits per heavy atom. The molecule has 26 heavy (non-hydrogen) atoms. The highest BCUT2D eigenvalue weighted by Gasteiger charge is 2.07. The molecule has 0 saturated heterocycles. The van der Waals surface area contributed by atoms with Crippen LogP contribution >= 0.6 is 0 Å². The molecule has 1 heterocycles. The lowest BCUT2D eigenvalue weighted by Crippen LogP contribution is -2.25. The van der Waals surface area contributed by atoms with Gasteiger partial charge in [0.15, 0.2) is 0 Å². The number of amides is 1. The highest BCUT2D eigenvalue weighted by Crippen LogP contribution is 2.17. The van der Waals surface area contributed by atoms with Gasteiger partial charge in [-0.05, 0) is 56.2 Å². The molecular weight excluding hydrogens is 326 g/mol. The Morgan fingerprint density at radius 1 is 1.15 bits per heavy atom. The fraction of sp³-hybridized carbons (Fsp3) is 0.238. The second-order valence-corrected chi connectivity index (χ2v) is 6.16. The number of hydrogen-bond donors (Lipinski definition) is 1. The molecule has 0 radical (unpaired) electrons. The Labute approximate surface area is 153 Å². The minimum atomic E-state index is -0.0331. The molecule has 0 fully saturated rings. The lowest BCUT2D eigenvalue weighted by molar-refractivity contribution is 0.0950. The van der Waals surface area contributed by atoms with Crippen LogP contribution in [-0.2, 0) is 0 Å². The smallest absolute Gasteiger partial charge is 0.251 e. The average Bonchev–Trinajstić information content (AvgIpc) is 3.21. The van der Waals surface area contributed by atoms with Crippen molar-refractivity contribution in [3.63, 3.8) is 0 Å². The quantitative estimate of drug-likeness (QED) is 0.629. The number of nitrogens with one attached hydrogen (secondary N) is 1. The van der Waals surface area contributed by atoms with Crippen LogP contribution in [0.3, 0.4) is 0 Å². The number of aromatic nitrogens is 2. The maximum absolute atomic E-state index is 12.0. The normalized spacial score (nSPS) is 11.7. The molecule has 3 aromatic rings. The zero-order valence-corrected chi connectivity index (χ0v) is 14.8. The van der Waals surface area contributed by atoms with Crippen molar-refractivity contribution in [3.8, 4) is 11.4 Å². The van der Waals surface area contributed by atoms with Gasteiger partial charge in [0.25, 0.3) is 5.91 Å². The largest absolute Gasteiger partial charge is 0.491 e. The Kier molecular flexibility index (Phi) is 6.04. The molecule has 0 aliphatic rings. The molecule has 1 amide bonds. The van der Waals surface area contributed by atoms with E-state index in [2.05, 4.69) is 10.3 Å². The number of benzene rings is 2. The van der Waals surface area contributed by atoms with Crippen LogP contribution in [-0.4, -0.2) is 28.1 Å². The first kappa shape index (κ1) is 17.7. The zero-order chi connectivity index (χ0) is 18.2. The van der Waals surface area contributed by atoms with Crippen LogP contribution in [0.15, 0.2) is 73.3 Å². The summed E-state index contributed by atoms with van der Waals surface area (Å²) in [7, 11) is 0. The third-order valence-electron chi connectivity index (χ3n) is 4.09.